The Morgan fingerprint density at radius 3 is 2.18 bits per heavy atom. The summed E-state index contributed by atoms with van der Waals surface area (Å²) in [5.74, 6) is 1.26. The van der Waals surface area contributed by atoms with Crippen LogP contribution in [0.2, 0.25) is 0 Å². The second-order valence-corrected chi connectivity index (χ2v) is 7.09. The van der Waals surface area contributed by atoms with E-state index in [0.29, 0.717) is 50.1 Å². The first-order valence-electron chi connectivity index (χ1n) is 10.0. The zero-order valence-electron chi connectivity index (χ0n) is 18.2. The SMILES string of the molecule is CCCOCC(C)(C)CO.CCCOc1ccc(C=O)cc1OCCOCC. The molecule has 0 spiro atoms. The van der Waals surface area contributed by atoms with Gasteiger partial charge in [-0.25, -0.2) is 0 Å². The van der Waals surface area contributed by atoms with Crippen LogP contribution in [0.15, 0.2) is 18.2 Å². The Labute approximate surface area is 170 Å². The van der Waals surface area contributed by atoms with Crippen molar-refractivity contribution in [3.05, 3.63) is 23.8 Å². The van der Waals surface area contributed by atoms with Crippen LogP contribution in [0.3, 0.4) is 0 Å². The van der Waals surface area contributed by atoms with Gasteiger partial charge in [-0.2, -0.15) is 0 Å². The maximum atomic E-state index is 10.7. The Hall–Kier alpha value is -1.63. The standard InChI is InChI=1S/C14H20O4.C8H18O2/c1-3-7-17-13-6-5-12(11-15)10-14(13)18-9-8-16-4-2;1-4-5-10-7-8(2,3)6-9/h5-6,10-11H,3-4,7-9H2,1-2H3;9H,4-7H2,1-3H3. The summed E-state index contributed by atoms with van der Waals surface area (Å²) in [4.78, 5) is 10.7. The first kappa shape index (κ1) is 26.4. The van der Waals surface area contributed by atoms with E-state index in [1.165, 1.54) is 0 Å². The monoisotopic (exact) mass is 398 g/mol. The molecule has 0 aliphatic rings. The van der Waals surface area contributed by atoms with E-state index in [0.717, 1.165) is 25.7 Å². The van der Waals surface area contributed by atoms with E-state index in [-0.39, 0.29) is 12.0 Å². The van der Waals surface area contributed by atoms with Gasteiger partial charge in [0.2, 0.25) is 0 Å². The topological polar surface area (TPSA) is 74.2 Å². The van der Waals surface area contributed by atoms with Gasteiger partial charge in [0.1, 0.15) is 12.9 Å². The number of ether oxygens (including phenoxy) is 4. The zero-order valence-corrected chi connectivity index (χ0v) is 18.2. The Balaban J connectivity index is 0.000000621. The first-order valence-corrected chi connectivity index (χ1v) is 10.0. The molecule has 6 nitrogen and oxygen atoms in total. The number of benzene rings is 1. The highest BCUT2D eigenvalue weighted by Crippen LogP contribution is 2.28. The summed E-state index contributed by atoms with van der Waals surface area (Å²) in [7, 11) is 0. The average molecular weight is 399 g/mol. The van der Waals surface area contributed by atoms with Crippen molar-refractivity contribution in [1.29, 1.82) is 0 Å². The van der Waals surface area contributed by atoms with Gasteiger partial charge in [0.25, 0.3) is 0 Å². The molecule has 1 N–H and O–H groups in total. The van der Waals surface area contributed by atoms with E-state index in [4.69, 9.17) is 24.1 Å². The van der Waals surface area contributed by atoms with E-state index in [9.17, 15) is 4.79 Å². The second kappa shape index (κ2) is 16.3. The summed E-state index contributed by atoms with van der Waals surface area (Å²) in [6, 6.07) is 5.16. The van der Waals surface area contributed by atoms with E-state index >= 15 is 0 Å². The van der Waals surface area contributed by atoms with Crippen molar-refractivity contribution in [2.24, 2.45) is 5.41 Å². The quantitative estimate of drug-likeness (QED) is 0.375. The third-order valence-electron chi connectivity index (χ3n) is 3.52. The number of hydrogen-bond donors (Lipinski definition) is 1. The lowest BCUT2D eigenvalue weighted by Gasteiger charge is -2.20. The molecule has 1 aromatic carbocycles. The van der Waals surface area contributed by atoms with E-state index < -0.39 is 0 Å². The van der Waals surface area contributed by atoms with Gasteiger partial charge in [-0.05, 0) is 38.0 Å². The summed E-state index contributed by atoms with van der Waals surface area (Å²) in [5.41, 5.74) is 0.500. The number of carbonyl (C=O) groups excluding carboxylic acids is 1. The summed E-state index contributed by atoms with van der Waals surface area (Å²) >= 11 is 0. The minimum Gasteiger partial charge on any atom is -0.490 e. The maximum Gasteiger partial charge on any atom is 0.162 e. The predicted molar refractivity (Wildman–Crippen MR) is 112 cm³/mol. The lowest BCUT2D eigenvalue weighted by Crippen LogP contribution is -2.23. The van der Waals surface area contributed by atoms with Crippen molar-refractivity contribution >= 4 is 6.29 Å². The van der Waals surface area contributed by atoms with Gasteiger partial charge in [0.15, 0.2) is 11.5 Å². The van der Waals surface area contributed by atoms with E-state index in [1.807, 2.05) is 27.7 Å². The summed E-state index contributed by atoms with van der Waals surface area (Å²) in [5, 5.41) is 8.81. The smallest absolute Gasteiger partial charge is 0.162 e. The zero-order chi connectivity index (χ0) is 21.3. The number of rotatable bonds is 14. The number of aliphatic hydroxyl groups is 1. The van der Waals surface area contributed by atoms with Crippen molar-refractivity contribution in [3.8, 4) is 11.5 Å². The van der Waals surface area contributed by atoms with Gasteiger partial charge in [-0.1, -0.05) is 27.7 Å². The molecule has 0 saturated carbocycles. The van der Waals surface area contributed by atoms with Crippen LogP contribution in [-0.2, 0) is 9.47 Å². The molecule has 28 heavy (non-hydrogen) atoms. The fourth-order valence-electron chi connectivity index (χ4n) is 1.94. The summed E-state index contributed by atoms with van der Waals surface area (Å²) < 4.78 is 21.6. The molecule has 0 heterocycles. The molecule has 0 aliphatic carbocycles. The molecule has 0 amide bonds. The molecular formula is C22H38O6. The average Bonchev–Trinajstić information content (AvgIpc) is 2.70. The molecule has 0 aromatic heterocycles. The molecule has 0 saturated heterocycles. The van der Waals surface area contributed by atoms with Gasteiger partial charge < -0.3 is 24.1 Å². The van der Waals surface area contributed by atoms with Gasteiger partial charge >= 0.3 is 0 Å². The highest BCUT2D eigenvalue weighted by Gasteiger charge is 2.15. The molecule has 0 fully saturated rings. The molecule has 6 heteroatoms. The second-order valence-electron chi connectivity index (χ2n) is 7.09. The third-order valence-corrected chi connectivity index (χ3v) is 3.52. The molecule has 0 atom stereocenters. The predicted octanol–water partition coefficient (Wildman–Crippen LogP) is 4.13. The van der Waals surface area contributed by atoms with Gasteiger partial charge in [0, 0.05) is 24.2 Å². The van der Waals surface area contributed by atoms with Gasteiger partial charge in [0.05, 0.1) is 26.4 Å². The minimum atomic E-state index is -0.0742. The number of aliphatic hydroxyl groups excluding tert-OH is 1. The number of carbonyl (C=O) groups is 1. The van der Waals surface area contributed by atoms with E-state index in [1.54, 1.807) is 18.2 Å². The molecule has 0 radical (unpaired) electrons. The van der Waals surface area contributed by atoms with Crippen molar-refractivity contribution < 1.29 is 28.8 Å². The van der Waals surface area contributed by atoms with Crippen LogP contribution >= 0.6 is 0 Å². The first-order chi connectivity index (χ1) is 13.4. The molecular weight excluding hydrogens is 360 g/mol. The summed E-state index contributed by atoms with van der Waals surface area (Å²) in [6.07, 6.45) is 2.76. The molecule has 0 bridgehead atoms. The van der Waals surface area contributed by atoms with E-state index in [2.05, 4.69) is 6.92 Å². The van der Waals surface area contributed by atoms with Crippen molar-refractivity contribution in [3.63, 3.8) is 0 Å². The fraction of sp³-hybridized carbons (Fsp3) is 0.682. The lowest BCUT2D eigenvalue weighted by molar-refractivity contribution is 0.0284. The Morgan fingerprint density at radius 2 is 1.61 bits per heavy atom. The third kappa shape index (κ3) is 12.7. The van der Waals surface area contributed by atoms with Gasteiger partial charge in [-0.15, -0.1) is 0 Å². The molecule has 1 rings (SSSR count). The van der Waals surface area contributed by atoms with Crippen LogP contribution in [0.4, 0.5) is 0 Å². The van der Waals surface area contributed by atoms with Crippen LogP contribution < -0.4 is 9.47 Å². The molecule has 0 aliphatic heterocycles. The highest BCUT2D eigenvalue weighted by atomic mass is 16.5. The Bertz CT molecular complexity index is 516. The van der Waals surface area contributed by atoms with Crippen LogP contribution in [-0.4, -0.2) is 57.6 Å². The van der Waals surface area contributed by atoms with Crippen molar-refractivity contribution in [1.82, 2.24) is 0 Å². The normalized spacial score (nSPS) is 10.8. The van der Waals surface area contributed by atoms with Gasteiger partial charge in [-0.3, -0.25) is 4.79 Å². The number of hydrogen-bond acceptors (Lipinski definition) is 6. The Kier molecular flexibility index (Phi) is 15.4. The summed E-state index contributed by atoms with van der Waals surface area (Å²) in [6.45, 7) is 13.9. The number of aldehydes is 1. The maximum absolute atomic E-state index is 10.7. The fourth-order valence-corrected chi connectivity index (χ4v) is 1.94. The van der Waals surface area contributed by atoms with Crippen LogP contribution in [0.5, 0.6) is 11.5 Å². The van der Waals surface area contributed by atoms with Crippen LogP contribution in [0.25, 0.3) is 0 Å². The van der Waals surface area contributed by atoms with Crippen molar-refractivity contribution in [2.45, 2.75) is 47.5 Å². The minimum absolute atomic E-state index is 0.0742. The molecule has 0 unspecified atom stereocenters. The molecule has 162 valence electrons. The van der Waals surface area contributed by atoms with Crippen molar-refractivity contribution in [2.75, 3.05) is 46.2 Å². The van der Waals surface area contributed by atoms with Crippen LogP contribution in [0, 0.1) is 5.41 Å². The molecule has 1 aromatic rings. The largest absolute Gasteiger partial charge is 0.490 e. The Morgan fingerprint density at radius 1 is 0.929 bits per heavy atom. The lowest BCUT2D eigenvalue weighted by atomic mass is 9.97. The van der Waals surface area contributed by atoms with Crippen LogP contribution in [0.1, 0.15) is 57.8 Å². The highest BCUT2D eigenvalue weighted by molar-refractivity contribution is 5.76.